The molecule has 0 spiro atoms. The lowest BCUT2D eigenvalue weighted by molar-refractivity contribution is -0.0585. The second-order valence-corrected chi connectivity index (χ2v) is 4.91. The Morgan fingerprint density at radius 3 is 2.36 bits per heavy atom. The predicted molar refractivity (Wildman–Crippen MR) is 57.3 cm³/mol. The molecule has 0 radical (unpaired) electrons. The highest BCUT2D eigenvalue weighted by Gasteiger charge is 2.45. The molecule has 2 aliphatic heterocycles. The Balaban J connectivity index is 1.87. The molecule has 82 valence electrons. The Hall–Kier alpha value is -0.120. The van der Waals surface area contributed by atoms with Crippen molar-refractivity contribution in [3.05, 3.63) is 0 Å². The number of nitrogens with zero attached hydrogens (tertiary/aromatic N) is 1. The maximum atomic E-state index is 9.74. The van der Waals surface area contributed by atoms with E-state index in [1.54, 1.807) is 0 Å². The number of hydrogen-bond acceptors (Lipinski definition) is 3. The van der Waals surface area contributed by atoms with Gasteiger partial charge in [0, 0.05) is 32.2 Å². The van der Waals surface area contributed by atoms with E-state index in [2.05, 4.69) is 24.1 Å². The Bertz CT molecular complexity index is 195. The zero-order valence-corrected chi connectivity index (χ0v) is 9.29. The Labute approximate surface area is 86.5 Å². The third-order valence-electron chi connectivity index (χ3n) is 4.20. The molecule has 0 aromatic rings. The van der Waals surface area contributed by atoms with E-state index in [0.29, 0.717) is 11.5 Å². The molecule has 3 heteroatoms. The molecule has 0 aliphatic carbocycles. The van der Waals surface area contributed by atoms with Crippen LogP contribution in [0.1, 0.15) is 26.7 Å². The Kier molecular flexibility index (Phi) is 2.82. The fourth-order valence-electron chi connectivity index (χ4n) is 2.77. The van der Waals surface area contributed by atoms with Crippen molar-refractivity contribution >= 4 is 0 Å². The summed E-state index contributed by atoms with van der Waals surface area (Å²) in [6.07, 6.45) is 2.40. The van der Waals surface area contributed by atoms with Crippen LogP contribution in [0.25, 0.3) is 0 Å². The van der Waals surface area contributed by atoms with Crippen LogP contribution in [0.4, 0.5) is 0 Å². The lowest BCUT2D eigenvalue weighted by atomic mass is 9.74. The lowest BCUT2D eigenvalue weighted by Gasteiger charge is -2.53. The zero-order chi connectivity index (χ0) is 10.2. The number of nitrogens with one attached hydrogen (secondary N) is 1. The van der Waals surface area contributed by atoms with Crippen molar-refractivity contribution in [3.8, 4) is 0 Å². The van der Waals surface area contributed by atoms with Crippen LogP contribution in [0, 0.1) is 5.41 Å². The molecule has 2 heterocycles. The van der Waals surface area contributed by atoms with Crippen molar-refractivity contribution < 1.29 is 5.11 Å². The summed E-state index contributed by atoms with van der Waals surface area (Å²) in [5, 5.41) is 13.0. The quantitative estimate of drug-likeness (QED) is 0.691. The highest BCUT2D eigenvalue weighted by atomic mass is 16.3. The summed E-state index contributed by atoms with van der Waals surface area (Å²) < 4.78 is 0. The van der Waals surface area contributed by atoms with E-state index in [-0.39, 0.29) is 6.10 Å². The number of aliphatic hydroxyl groups excluding tert-OH is 1. The first-order chi connectivity index (χ1) is 6.71. The van der Waals surface area contributed by atoms with E-state index in [1.807, 2.05) is 0 Å². The Morgan fingerprint density at radius 2 is 1.93 bits per heavy atom. The van der Waals surface area contributed by atoms with E-state index >= 15 is 0 Å². The lowest BCUT2D eigenvalue weighted by Crippen LogP contribution is -2.61. The average Bonchev–Trinajstić information content (AvgIpc) is 2.52. The van der Waals surface area contributed by atoms with Crippen LogP contribution in [0.3, 0.4) is 0 Å². The van der Waals surface area contributed by atoms with Crippen LogP contribution < -0.4 is 5.32 Å². The molecular weight excluding hydrogens is 176 g/mol. The standard InChI is InChI=1S/C11H22N2O/c1-3-11(4-2)7-13(8-11)9-5-12-6-10(9)14/h9-10,12,14H,3-8H2,1-2H3. The molecule has 2 unspecified atom stereocenters. The maximum Gasteiger partial charge on any atom is 0.0831 e. The predicted octanol–water partition coefficient (Wildman–Crippen LogP) is 0.441. The average molecular weight is 198 g/mol. The van der Waals surface area contributed by atoms with Gasteiger partial charge in [0.2, 0.25) is 0 Å². The SMILES string of the molecule is CCC1(CC)CN(C2CNCC2O)C1. The molecule has 2 saturated heterocycles. The summed E-state index contributed by atoms with van der Waals surface area (Å²) in [5.74, 6) is 0. The largest absolute Gasteiger partial charge is 0.390 e. The van der Waals surface area contributed by atoms with Gasteiger partial charge in [-0.1, -0.05) is 13.8 Å². The minimum atomic E-state index is -0.151. The van der Waals surface area contributed by atoms with E-state index in [9.17, 15) is 5.11 Å². The van der Waals surface area contributed by atoms with Gasteiger partial charge in [0.15, 0.2) is 0 Å². The van der Waals surface area contributed by atoms with Crippen LogP contribution in [-0.4, -0.2) is 48.3 Å². The normalized spacial score (nSPS) is 37.1. The van der Waals surface area contributed by atoms with Gasteiger partial charge >= 0.3 is 0 Å². The van der Waals surface area contributed by atoms with Gasteiger partial charge in [0.05, 0.1) is 6.10 Å². The van der Waals surface area contributed by atoms with Crippen LogP contribution in [-0.2, 0) is 0 Å². The van der Waals surface area contributed by atoms with Gasteiger partial charge in [0.25, 0.3) is 0 Å². The molecule has 0 saturated carbocycles. The summed E-state index contributed by atoms with van der Waals surface area (Å²) in [6.45, 7) is 8.66. The van der Waals surface area contributed by atoms with Crippen molar-refractivity contribution in [2.75, 3.05) is 26.2 Å². The van der Waals surface area contributed by atoms with Gasteiger partial charge in [-0.2, -0.15) is 0 Å². The number of likely N-dealkylation sites (tertiary alicyclic amines) is 1. The number of rotatable bonds is 3. The molecular formula is C11H22N2O. The fraction of sp³-hybridized carbons (Fsp3) is 1.00. The highest BCUT2D eigenvalue weighted by molar-refractivity contribution is 5.00. The fourth-order valence-corrected chi connectivity index (χ4v) is 2.77. The topological polar surface area (TPSA) is 35.5 Å². The monoisotopic (exact) mass is 198 g/mol. The minimum Gasteiger partial charge on any atom is -0.390 e. The summed E-state index contributed by atoms with van der Waals surface area (Å²) in [4.78, 5) is 2.44. The van der Waals surface area contributed by atoms with Crippen LogP contribution >= 0.6 is 0 Å². The molecule has 3 nitrogen and oxygen atoms in total. The van der Waals surface area contributed by atoms with Gasteiger partial charge < -0.3 is 10.4 Å². The highest BCUT2D eigenvalue weighted by Crippen LogP contribution is 2.38. The van der Waals surface area contributed by atoms with E-state index in [4.69, 9.17) is 0 Å². The van der Waals surface area contributed by atoms with Gasteiger partial charge in [-0.15, -0.1) is 0 Å². The van der Waals surface area contributed by atoms with Crippen molar-refractivity contribution in [2.45, 2.75) is 38.8 Å². The minimum absolute atomic E-state index is 0.151. The third kappa shape index (κ3) is 1.58. The molecule has 2 N–H and O–H groups in total. The molecule has 0 aromatic heterocycles. The van der Waals surface area contributed by atoms with Crippen LogP contribution in [0.2, 0.25) is 0 Å². The van der Waals surface area contributed by atoms with Gasteiger partial charge in [-0.05, 0) is 18.3 Å². The first-order valence-corrected chi connectivity index (χ1v) is 5.83. The third-order valence-corrected chi connectivity index (χ3v) is 4.20. The maximum absolute atomic E-state index is 9.74. The van der Waals surface area contributed by atoms with Crippen molar-refractivity contribution in [1.82, 2.24) is 10.2 Å². The summed E-state index contributed by atoms with van der Waals surface area (Å²) in [5.41, 5.74) is 0.558. The second-order valence-electron chi connectivity index (χ2n) is 4.91. The number of hydrogen-bond donors (Lipinski definition) is 2. The Morgan fingerprint density at radius 1 is 1.29 bits per heavy atom. The van der Waals surface area contributed by atoms with E-state index in [0.717, 1.165) is 13.1 Å². The molecule has 2 fully saturated rings. The van der Waals surface area contributed by atoms with Crippen molar-refractivity contribution in [2.24, 2.45) is 5.41 Å². The number of aliphatic hydroxyl groups is 1. The second kappa shape index (κ2) is 3.80. The van der Waals surface area contributed by atoms with Gasteiger partial charge in [-0.25, -0.2) is 0 Å². The molecule has 14 heavy (non-hydrogen) atoms. The molecule has 2 aliphatic rings. The molecule has 2 rings (SSSR count). The van der Waals surface area contributed by atoms with Gasteiger partial charge in [0.1, 0.15) is 0 Å². The van der Waals surface area contributed by atoms with E-state index in [1.165, 1.54) is 25.9 Å². The summed E-state index contributed by atoms with van der Waals surface area (Å²) in [6, 6.07) is 0.376. The molecule has 2 atom stereocenters. The number of β-amino-alcohol motifs (C(OH)–C–C–N with tert-alkyl or cyclic N) is 1. The molecule has 0 amide bonds. The first-order valence-electron chi connectivity index (χ1n) is 5.83. The molecule has 0 bridgehead atoms. The van der Waals surface area contributed by atoms with Crippen LogP contribution in [0.5, 0.6) is 0 Å². The molecule has 0 aromatic carbocycles. The zero-order valence-electron chi connectivity index (χ0n) is 9.29. The van der Waals surface area contributed by atoms with Gasteiger partial charge in [-0.3, -0.25) is 4.90 Å². The van der Waals surface area contributed by atoms with Crippen molar-refractivity contribution in [3.63, 3.8) is 0 Å². The first kappa shape index (κ1) is 10.4. The smallest absolute Gasteiger partial charge is 0.0831 e. The van der Waals surface area contributed by atoms with Crippen LogP contribution in [0.15, 0.2) is 0 Å². The van der Waals surface area contributed by atoms with Crippen molar-refractivity contribution in [1.29, 1.82) is 0 Å². The van der Waals surface area contributed by atoms with E-state index < -0.39 is 0 Å². The summed E-state index contributed by atoms with van der Waals surface area (Å²) in [7, 11) is 0. The summed E-state index contributed by atoms with van der Waals surface area (Å²) >= 11 is 0.